The van der Waals surface area contributed by atoms with Crippen LogP contribution in [-0.2, 0) is 11.3 Å². The standard InChI is InChI=1S/C15H25N3O/c1-11(2)17-8-14-6-5-7-16-15(14)18-9-13(4)19-10-12(18)3/h5-7,11-13,17H,8-10H2,1-4H3. The van der Waals surface area contributed by atoms with Crippen molar-refractivity contribution in [2.75, 3.05) is 18.1 Å². The molecule has 2 atom stereocenters. The van der Waals surface area contributed by atoms with Crippen molar-refractivity contribution in [1.82, 2.24) is 10.3 Å². The summed E-state index contributed by atoms with van der Waals surface area (Å²) in [6.07, 6.45) is 2.14. The molecular weight excluding hydrogens is 238 g/mol. The van der Waals surface area contributed by atoms with Crippen LogP contribution in [0.15, 0.2) is 18.3 Å². The van der Waals surface area contributed by atoms with Crippen LogP contribution in [0.3, 0.4) is 0 Å². The van der Waals surface area contributed by atoms with Gasteiger partial charge in [-0.3, -0.25) is 0 Å². The lowest BCUT2D eigenvalue weighted by Gasteiger charge is -2.38. The van der Waals surface area contributed by atoms with Crippen LogP contribution in [0.2, 0.25) is 0 Å². The second kappa shape index (κ2) is 6.35. The van der Waals surface area contributed by atoms with Gasteiger partial charge >= 0.3 is 0 Å². The van der Waals surface area contributed by atoms with Crippen LogP contribution in [0.4, 0.5) is 5.82 Å². The van der Waals surface area contributed by atoms with Crippen molar-refractivity contribution in [3.8, 4) is 0 Å². The molecule has 0 aromatic carbocycles. The van der Waals surface area contributed by atoms with E-state index in [4.69, 9.17) is 4.74 Å². The molecule has 1 N–H and O–H groups in total. The smallest absolute Gasteiger partial charge is 0.133 e. The average Bonchev–Trinajstić information content (AvgIpc) is 2.39. The molecule has 19 heavy (non-hydrogen) atoms. The molecule has 1 fully saturated rings. The van der Waals surface area contributed by atoms with Gasteiger partial charge in [0.2, 0.25) is 0 Å². The van der Waals surface area contributed by atoms with Crippen molar-refractivity contribution in [3.05, 3.63) is 23.9 Å². The largest absolute Gasteiger partial charge is 0.375 e. The van der Waals surface area contributed by atoms with Crippen molar-refractivity contribution < 1.29 is 4.74 Å². The van der Waals surface area contributed by atoms with Gasteiger partial charge in [-0.05, 0) is 19.9 Å². The van der Waals surface area contributed by atoms with Gasteiger partial charge in [-0.2, -0.15) is 0 Å². The summed E-state index contributed by atoms with van der Waals surface area (Å²) < 4.78 is 5.69. The molecule has 106 valence electrons. The molecule has 2 rings (SSSR count). The minimum Gasteiger partial charge on any atom is -0.375 e. The van der Waals surface area contributed by atoms with E-state index in [0.717, 1.165) is 25.5 Å². The van der Waals surface area contributed by atoms with Crippen LogP contribution < -0.4 is 10.2 Å². The van der Waals surface area contributed by atoms with E-state index in [0.29, 0.717) is 12.1 Å². The van der Waals surface area contributed by atoms with Crippen molar-refractivity contribution >= 4 is 5.82 Å². The van der Waals surface area contributed by atoms with Crippen LogP contribution in [0, 0.1) is 0 Å². The second-order valence-electron chi connectivity index (χ2n) is 5.67. The Kier molecular flexibility index (Phi) is 4.77. The molecule has 4 nitrogen and oxygen atoms in total. The van der Waals surface area contributed by atoms with E-state index in [1.807, 2.05) is 12.3 Å². The summed E-state index contributed by atoms with van der Waals surface area (Å²) in [5.41, 5.74) is 1.26. The number of ether oxygens (including phenoxy) is 1. The lowest BCUT2D eigenvalue weighted by molar-refractivity contribution is 0.0339. The normalized spacial score (nSPS) is 23.9. The zero-order valence-corrected chi connectivity index (χ0v) is 12.4. The number of anilines is 1. The number of aromatic nitrogens is 1. The first-order valence-electron chi connectivity index (χ1n) is 7.13. The molecular formula is C15H25N3O. The zero-order valence-electron chi connectivity index (χ0n) is 12.4. The van der Waals surface area contributed by atoms with Gasteiger partial charge in [-0.1, -0.05) is 19.9 Å². The first-order valence-corrected chi connectivity index (χ1v) is 7.13. The molecule has 2 unspecified atom stereocenters. The van der Waals surface area contributed by atoms with Gasteiger partial charge in [0, 0.05) is 30.9 Å². The molecule has 1 aromatic rings. The van der Waals surface area contributed by atoms with E-state index in [1.54, 1.807) is 0 Å². The fraction of sp³-hybridized carbons (Fsp3) is 0.667. The summed E-state index contributed by atoms with van der Waals surface area (Å²) >= 11 is 0. The van der Waals surface area contributed by atoms with E-state index in [1.165, 1.54) is 5.56 Å². The molecule has 1 saturated heterocycles. The van der Waals surface area contributed by atoms with E-state index < -0.39 is 0 Å². The molecule has 0 saturated carbocycles. The number of nitrogens with zero attached hydrogens (tertiary/aromatic N) is 2. The molecule has 0 radical (unpaired) electrons. The summed E-state index contributed by atoms with van der Waals surface area (Å²) in [7, 11) is 0. The van der Waals surface area contributed by atoms with Gasteiger partial charge in [0.25, 0.3) is 0 Å². The highest BCUT2D eigenvalue weighted by molar-refractivity contribution is 5.48. The third kappa shape index (κ3) is 3.67. The van der Waals surface area contributed by atoms with Gasteiger partial charge in [0.15, 0.2) is 0 Å². The van der Waals surface area contributed by atoms with Gasteiger partial charge in [-0.15, -0.1) is 0 Å². The number of morpholine rings is 1. The molecule has 0 aliphatic carbocycles. The van der Waals surface area contributed by atoms with Crippen LogP contribution in [0.1, 0.15) is 33.3 Å². The number of rotatable bonds is 4. The summed E-state index contributed by atoms with van der Waals surface area (Å²) in [5.74, 6) is 1.10. The maximum atomic E-state index is 5.69. The van der Waals surface area contributed by atoms with Crippen LogP contribution in [0.5, 0.6) is 0 Å². The van der Waals surface area contributed by atoms with Gasteiger partial charge in [0.1, 0.15) is 5.82 Å². The van der Waals surface area contributed by atoms with Gasteiger partial charge in [0.05, 0.1) is 18.8 Å². The highest BCUT2D eigenvalue weighted by atomic mass is 16.5. The molecule has 1 aliphatic rings. The Balaban J connectivity index is 2.18. The Labute approximate surface area is 116 Å². The molecule has 0 bridgehead atoms. The number of hydrogen-bond donors (Lipinski definition) is 1. The van der Waals surface area contributed by atoms with Crippen molar-refractivity contribution in [2.24, 2.45) is 0 Å². The monoisotopic (exact) mass is 263 g/mol. The maximum absolute atomic E-state index is 5.69. The Hall–Kier alpha value is -1.13. The predicted molar refractivity (Wildman–Crippen MR) is 78.4 cm³/mol. The quantitative estimate of drug-likeness (QED) is 0.903. The second-order valence-corrected chi connectivity index (χ2v) is 5.67. The Bertz CT molecular complexity index is 408. The average molecular weight is 263 g/mol. The van der Waals surface area contributed by atoms with Crippen molar-refractivity contribution in [3.63, 3.8) is 0 Å². The van der Waals surface area contributed by atoms with E-state index in [9.17, 15) is 0 Å². The minimum atomic E-state index is 0.268. The number of nitrogens with one attached hydrogen (secondary N) is 1. The first kappa shape index (κ1) is 14.3. The fourth-order valence-corrected chi connectivity index (χ4v) is 2.34. The molecule has 4 heteroatoms. The Morgan fingerprint density at radius 2 is 2.26 bits per heavy atom. The summed E-state index contributed by atoms with van der Waals surface area (Å²) in [6, 6.07) is 5.03. The molecule has 1 aliphatic heterocycles. The van der Waals surface area contributed by atoms with E-state index >= 15 is 0 Å². The third-order valence-electron chi connectivity index (χ3n) is 3.45. The van der Waals surface area contributed by atoms with Gasteiger partial charge in [-0.25, -0.2) is 4.98 Å². The van der Waals surface area contributed by atoms with E-state index in [2.05, 4.69) is 49.0 Å². The topological polar surface area (TPSA) is 37.4 Å². The summed E-state index contributed by atoms with van der Waals surface area (Å²) in [5, 5.41) is 3.47. The zero-order chi connectivity index (χ0) is 13.8. The molecule has 1 aromatic heterocycles. The maximum Gasteiger partial charge on any atom is 0.133 e. The Morgan fingerprint density at radius 3 is 3.00 bits per heavy atom. The van der Waals surface area contributed by atoms with Crippen molar-refractivity contribution in [1.29, 1.82) is 0 Å². The predicted octanol–water partition coefficient (Wildman–Crippen LogP) is 2.19. The molecule has 0 spiro atoms. The lowest BCUT2D eigenvalue weighted by Crippen LogP contribution is -2.48. The van der Waals surface area contributed by atoms with Crippen LogP contribution in [0.25, 0.3) is 0 Å². The van der Waals surface area contributed by atoms with Crippen LogP contribution >= 0.6 is 0 Å². The summed E-state index contributed by atoms with van der Waals surface area (Å²) in [4.78, 5) is 6.96. The molecule has 0 amide bonds. The fourth-order valence-electron chi connectivity index (χ4n) is 2.34. The first-order chi connectivity index (χ1) is 9.08. The van der Waals surface area contributed by atoms with Crippen LogP contribution in [-0.4, -0.2) is 36.3 Å². The minimum absolute atomic E-state index is 0.268. The van der Waals surface area contributed by atoms with Crippen molar-refractivity contribution in [2.45, 2.75) is 52.4 Å². The third-order valence-corrected chi connectivity index (χ3v) is 3.45. The number of pyridine rings is 1. The molecule has 2 heterocycles. The summed E-state index contributed by atoms with van der Waals surface area (Å²) in [6.45, 7) is 11.2. The Morgan fingerprint density at radius 1 is 1.47 bits per heavy atom. The SMILES string of the molecule is CC(C)NCc1cccnc1N1CC(C)OCC1C. The van der Waals surface area contributed by atoms with E-state index in [-0.39, 0.29) is 6.10 Å². The highest BCUT2D eigenvalue weighted by Gasteiger charge is 2.25. The number of hydrogen-bond acceptors (Lipinski definition) is 4. The highest BCUT2D eigenvalue weighted by Crippen LogP contribution is 2.23. The van der Waals surface area contributed by atoms with Gasteiger partial charge < -0.3 is 15.0 Å². The lowest BCUT2D eigenvalue weighted by atomic mass is 10.1.